The Hall–Kier alpha value is -2.20. The van der Waals surface area contributed by atoms with Gasteiger partial charge in [-0.2, -0.15) is 0 Å². The van der Waals surface area contributed by atoms with Gasteiger partial charge < -0.3 is 15.2 Å². The largest absolute Gasteiger partial charge is 0.490 e. The molecule has 1 aliphatic carbocycles. The average Bonchev–Trinajstić information content (AvgIpc) is 2.76. The number of hydrogen-bond donors (Lipinski definition) is 2. The SMILES string of the molecule is O=C(O)C1CCc2cc(Cl)ccc2[C@]12CNc1ccccc1OC2. The number of para-hydroxylation sites is 2. The first-order chi connectivity index (χ1) is 11.6. The Kier molecular flexibility index (Phi) is 3.65. The summed E-state index contributed by atoms with van der Waals surface area (Å²) in [6.45, 7) is 0.859. The highest BCUT2D eigenvalue weighted by atomic mass is 35.5. The molecule has 4 rings (SSSR count). The van der Waals surface area contributed by atoms with Crippen LogP contribution in [0, 0.1) is 5.92 Å². The van der Waals surface area contributed by atoms with Crippen LogP contribution in [0.1, 0.15) is 17.5 Å². The number of ether oxygens (including phenoxy) is 1. The van der Waals surface area contributed by atoms with Crippen molar-refractivity contribution in [3.8, 4) is 5.75 Å². The van der Waals surface area contributed by atoms with Crippen molar-refractivity contribution in [2.24, 2.45) is 5.92 Å². The lowest BCUT2D eigenvalue weighted by molar-refractivity contribution is -0.145. The highest BCUT2D eigenvalue weighted by molar-refractivity contribution is 6.30. The Labute approximate surface area is 145 Å². The zero-order chi connectivity index (χ0) is 16.7. The minimum atomic E-state index is -0.771. The third-order valence-corrected chi connectivity index (χ3v) is 5.47. The van der Waals surface area contributed by atoms with E-state index in [0.29, 0.717) is 24.6 Å². The lowest BCUT2D eigenvalue weighted by Crippen LogP contribution is -2.51. The zero-order valence-electron chi connectivity index (χ0n) is 13.1. The minimum Gasteiger partial charge on any atom is -0.490 e. The quantitative estimate of drug-likeness (QED) is 0.828. The van der Waals surface area contributed by atoms with Crippen molar-refractivity contribution in [3.63, 3.8) is 0 Å². The van der Waals surface area contributed by atoms with Crippen molar-refractivity contribution >= 4 is 23.3 Å². The number of hydrogen-bond acceptors (Lipinski definition) is 3. The molecule has 0 saturated carbocycles. The third kappa shape index (κ3) is 2.33. The van der Waals surface area contributed by atoms with Crippen LogP contribution in [0.5, 0.6) is 5.75 Å². The maximum Gasteiger partial charge on any atom is 0.307 e. The fourth-order valence-electron chi connectivity index (χ4n) is 4.02. The van der Waals surface area contributed by atoms with Gasteiger partial charge in [-0.3, -0.25) is 4.79 Å². The van der Waals surface area contributed by atoms with Crippen LogP contribution in [0.3, 0.4) is 0 Å². The average molecular weight is 344 g/mol. The number of benzene rings is 2. The number of fused-ring (bicyclic) bond motifs is 3. The second-order valence-corrected chi connectivity index (χ2v) is 6.96. The van der Waals surface area contributed by atoms with Gasteiger partial charge in [-0.25, -0.2) is 0 Å². The summed E-state index contributed by atoms with van der Waals surface area (Å²) in [7, 11) is 0. The summed E-state index contributed by atoms with van der Waals surface area (Å²) >= 11 is 6.14. The lowest BCUT2D eigenvalue weighted by atomic mass is 9.63. The molecule has 0 saturated heterocycles. The normalized spacial score (nSPS) is 25.0. The molecular weight excluding hydrogens is 326 g/mol. The molecule has 5 heteroatoms. The molecule has 0 bridgehead atoms. The number of halogens is 1. The summed E-state index contributed by atoms with van der Waals surface area (Å²) < 4.78 is 6.05. The first kappa shape index (κ1) is 15.3. The standard InChI is InChI=1S/C19H18ClNO3/c20-13-6-8-14-12(9-13)5-7-15(18(22)23)19(14)10-21-16-3-1-2-4-17(16)24-11-19/h1-4,6,8-9,15,21H,5,7,10-11H2,(H,22,23)/t15?,19-/m1/s1. The van der Waals surface area contributed by atoms with Crippen molar-refractivity contribution in [1.29, 1.82) is 0 Å². The van der Waals surface area contributed by atoms with Gasteiger partial charge in [-0.1, -0.05) is 29.8 Å². The predicted molar refractivity (Wildman–Crippen MR) is 93.0 cm³/mol. The van der Waals surface area contributed by atoms with E-state index in [9.17, 15) is 9.90 Å². The first-order valence-corrected chi connectivity index (χ1v) is 8.45. The van der Waals surface area contributed by atoms with Gasteiger partial charge in [0.1, 0.15) is 12.4 Å². The van der Waals surface area contributed by atoms with E-state index < -0.39 is 17.3 Å². The molecule has 0 radical (unpaired) electrons. The van der Waals surface area contributed by atoms with E-state index in [1.165, 1.54) is 0 Å². The van der Waals surface area contributed by atoms with E-state index in [2.05, 4.69) is 5.32 Å². The lowest BCUT2D eigenvalue weighted by Gasteiger charge is -2.42. The second kappa shape index (κ2) is 5.71. The van der Waals surface area contributed by atoms with Gasteiger partial charge in [-0.15, -0.1) is 0 Å². The van der Waals surface area contributed by atoms with Crippen LogP contribution < -0.4 is 10.1 Å². The van der Waals surface area contributed by atoms with Gasteiger partial charge in [0.05, 0.1) is 17.0 Å². The number of carbonyl (C=O) groups is 1. The summed E-state index contributed by atoms with van der Waals surface area (Å²) in [6, 6.07) is 13.5. The zero-order valence-corrected chi connectivity index (χ0v) is 13.8. The number of aliphatic carboxylic acids is 1. The number of carboxylic acids is 1. The van der Waals surface area contributed by atoms with Crippen LogP contribution in [0.4, 0.5) is 5.69 Å². The maximum absolute atomic E-state index is 12.0. The van der Waals surface area contributed by atoms with E-state index in [4.69, 9.17) is 16.3 Å². The van der Waals surface area contributed by atoms with Crippen molar-refractivity contribution in [2.75, 3.05) is 18.5 Å². The topological polar surface area (TPSA) is 58.6 Å². The highest BCUT2D eigenvalue weighted by Gasteiger charge is 2.49. The van der Waals surface area contributed by atoms with Gasteiger partial charge in [0.2, 0.25) is 0 Å². The number of anilines is 1. The molecule has 0 aromatic heterocycles. The summed E-state index contributed by atoms with van der Waals surface area (Å²) in [4.78, 5) is 12.0. The molecule has 2 aromatic carbocycles. The van der Waals surface area contributed by atoms with Crippen LogP contribution in [0.15, 0.2) is 42.5 Å². The maximum atomic E-state index is 12.0. The third-order valence-electron chi connectivity index (χ3n) is 5.24. The molecule has 2 aliphatic rings. The molecule has 124 valence electrons. The molecule has 1 aliphatic heterocycles. The minimum absolute atomic E-state index is 0.336. The molecule has 1 heterocycles. The number of nitrogens with one attached hydrogen (secondary N) is 1. The van der Waals surface area contributed by atoms with E-state index >= 15 is 0 Å². The molecular formula is C19H18ClNO3. The number of carboxylic acid groups (broad SMARTS) is 1. The molecule has 24 heavy (non-hydrogen) atoms. The van der Waals surface area contributed by atoms with Gasteiger partial charge in [0, 0.05) is 11.6 Å². The molecule has 1 spiro atoms. The number of rotatable bonds is 1. The van der Waals surface area contributed by atoms with E-state index in [-0.39, 0.29) is 0 Å². The van der Waals surface area contributed by atoms with Crippen LogP contribution in [0.25, 0.3) is 0 Å². The Morgan fingerprint density at radius 2 is 2.12 bits per heavy atom. The molecule has 4 nitrogen and oxygen atoms in total. The van der Waals surface area contributed by atoms with Gasteiger partial charge >= 0.3 is 5.97 Å². The van der Waals surface area contributed by atoms with E-state index in [1.807, 2.05) is 42.5 Å². The van der Waals surface area contributed by atoms with Gasteiger partial charge in [0.15, 0.2) is 0 Å². The molecule has 2 atom stereocenters. The molecule has 0 amide bonds. The molecule has 2 N–H and O–H groups in total. The van der Waals surface area contributed by atoms with Crippen molar-refractivity contribution in [1.82, 2.24) is 0 Å². The summed E-state index contributed by atoms with van der Waals surface area (Å²) in [5.41, 5.74) is 2.45. The summed E-state index contributed by atoms with van der Waals surface area (Å²) in [6.07, 6.45) is 1.31. The van der Waals surface area contributed by atoms with Gasteiger partial charge in [0.25, 0.3) is 0 Å². The van der Waals surface area contributed by atoms with Crippen molar-refractivity contribution in [3.05, 3.63) is 58.6 Å². The first-order valence-electron chi connectivity index (χ1n) is 8.07. The van der Waals surface area contributed by atoms with E-state index in [1.54, 1.807) is 0 Å². The second-order valence-electron chi connectivity index (χ2n) is 6.53. The van der Waals surface area contributed by atoms with Crippen LogP contribution in [-0.4, -0.2) is 24.2 Å². The van der Waals surface area contributed by atoms with Gasteiger partial charge in [-0.05, 0) is 48.2 Å². The highest BCUT2D eigenvalue weighted by Crippen LogP contribution is 2.45. The Bertz CT molecular complexity index is 778. The Morgan fingerprint density at radius 1 is 1.29 bits per heavy atom. The summed E-state index contributed by atoms with van der Waals surface area (Å²) in [5, 5.41) is 13.9. The van der Waals surface area contributed by atoms with E-state index in [0.717, 1.165) is 29.0 Å². The predicted octanol–water partition coefficient (Wildman–Crippen LogP) is 3.73. The van der Waals surface area contributed by atoms with Crippen LogP contribution in [-0.2, 0) is 16.6 Å². The number of aryl methyl sites for hydroxylation is 1. The molecule has 0 fully saturated rings. The fraction of sp³-hybridized carbons (Fsp3) is 0.316. The Balaban J connectivity index is 1.82. The van der Waals surface area contributed by atoms with Crippen LogP contribution in [0.2, 0.25) is 5.02 Å². The monoisotopic (exact) mass is 343 g/mol. The van der Waals surface area contributed by atoms with Crippen molar-refractivity contribution in [2.45, 2.75) is 18.3 Å². The molecule has 2 aromatic rings. The summed E-state index contributed by atoms with van der Waals surface area (Å²) in [5.74, 6) is -0.500. The smallest absolute Gasteiger partial charge is 0.307 e. The van der Waals surface area contributed by atoms with Crippen molar-refractivity contribution < 1.29 is 14.6 Å². The fourth-order valence-corrected chi connectivity index (χ4v) is 4.22. The van der Waals surface area contributed by atoms with Crippen LogP contribution >= 0.6 is 11.6 Å². The molecule has 1 unspecified atom stereocenters. The Morgan fingerprint density at radius 3 is 2.96 bits per heavy atom.